The molecule has 0 aliphatic heterocycles. The minimum atomic E-state index is -0.388. The van der Waals surface area contributed by atoms with E-state index in [9.17, 15) is 4.79 Å². The van der Waals surface area contributed by atoms with Gasteiger partial charge in [0.25, 0.3) is 0 Å². The third-order valence-electron chi connectivity index (χ3n) is 3.82. The summed E-state index contributed by atoms with van der Waals surface area (Å²) in [5.41, 5.74) is 6.21. The van der Waals surface area contributed by atoms with E-state index in [4.69, 9.17) is 0 Å². The van der Waals surface area contributed by atoms with Gasteiger partial charge in [0.15, 0.2) is 0 Å². The molecule has 6 nitrogen and oxygen atoms in total. The number of hydrazone groups is 1. The van der Waals surface area contributed by atoms with Gasteiger partial charge >= 0.3 is 6.03 Å². The van der Waals surface area contributed by atoms with Crippen molar-refractivity contribution in [2.45, 2.75) is 0 Å². The Hall–Kier alpha value is -3.54. The molecule has 0 bridgehead atoms. The highest BCUT2D eigenvalue weighted by Gasteiger charge is 2.03. The van der Waals surface area contributed by atoms with Gasteiger partial charge in [0.05, 0.1) is 11.9 Å². The fourth-order valence-electron chi connectivity index (χ4n) is 2.48. The first-order valence-corrected chi connectivity index (χ1v) is 8.24. The highest BCUT2D eigenvalue weighted by Crippen LogP contribution is 2.17. The van der Waals surface area contributed by atoms with E-state index in [-0.39, 0.29) is 6.03 Å². The van der Waals surface area contributed by atoms with Crippen LogP contribution in [-0.4, -0.2) is 30.9 Å². The minimum Gasteiger partial charge on any atom is -0.378 e. The van der Waals surface area contributed by atoms with E-state index in [1.807, 2.05) is 79.5 Å². The van der Waals surface area contributed by atoms with E-state index in [2.05, 4.69) is 32.9 Å². The van der Waals surface area contributed by atoms with Crippen LogP contribution in [0.25, 0.3) is 5.69 Å². The molecule has 0 fully saturated rings. The largest absolute Gasteiger partial charge is 0.378 e. The molecule has 0 aliphatic carbocycles. The first-order valence-electron chi connectivity index (χ1n) is 8.24. The van der Waals surface area contributed by atoms with E-state index in [1.165, 1.54) is 0 Å². The second-order valence-electron chi connectivity index (χ2n) is 5.90. The number of amides is 2. The number of aromatic nitrogens is 1. The van der Waals surface area contributed by atoms with E-state index in [0.717, 1.165) is 17.1 Å². The molecule has 0 saturated carbocycles. The molecule has 3 aromatic rings. The van der Waals surface area contributed by atoms with E-state index >= 15 is 0 Å². The minimum absolute atomic E-state index is 0.388. The SMILES string of the molecule is CN(C)c1ccc(-n2cccc2C=NNC(=O)Nc2ccccc2)cc1. The molecule has 0 unspecified atom stereocenters. The molecule has 0 radical (unpaired) electrons. The third kappa shape index (κ3) is 4.30. The van der Waals surface area contributed by atoms with Gasteiger partial charge in [-0.15, -0.1) is 0 Å². The fourth-order valence-corrected chi connectivity index (χ4v) is 2.48. The standard InChI is InChI=1S/C20H21N5O/c1-24(2)17-10-12-18(13-11-17)25-14-6-9-19(25)15-21-23-20(26)22-16-7-4-3-5-8-16/h3-15H,1-2H3,(H2,22,23,26). The first kappa shape index (κ1) is 17.3. The molecule has 132 valence electrons. The highest BCUT2D eigenvalue weighted by molar-refractivity contribution is 5.90. The van der Waals surface area contributed by atoms with Crippen LogP contribution in [0, 0.1) is 0 Å². The smallest absolute Gasteiger partial charge is 0.339 e. The average molecular weight is 347 g/mol. The van der Waals surface area contributed by atoms with Crippen LogP contribution < -0.4 is 15.6 Å². The van der Waals surface area contributed by atoms with Crippen molar-refractivity contribution in [2.24, 2.45) is 5.10 Å². The van der Waals surface area contributed by atoms with E-state index in [1.54, 1.807) is 6.21 Å². The maximum absolute atomic E-state index is 11.8. The molecule has 2 amide bonds. The number of hydrogen-bond donors (Lipinski definition) is 2. The fraction of sp³-hybridized carbons (Fsp3) is 0.100. The van der Waals surface area contributed by atoms with Gasteiger partial charge < -0.3 is 14.8 Å². The first-order chi connectivity index (χ1) is 12.6. The van der Waals surface area contributed by atoms with Gasteiger partial charge in [0.1, 0.15) is 0 Å². The molecular weight excluding hydrogens is 326 g/mol. The topological polar surface area (TPSA) is 61.7 Å². The lowest BCUT2D eigenvalue weighted by Gasteiger charge is -2.13. The van der Waals surface area contributed by atoms with E-state index in [0.29, 0.717) is 5.69 Å². The van der Waals surface area contributed by atoms with Crippen molar-refractivity contribution in [1.29, 1.82) is 0 Å². The zero-order valence-corrected chi connectivity index (χ0v) is 14.8. The van der Waals surface area contributed by atoms with Crippen LogP contribution in [0.1, 0.15) is 5.69 Å². The summed E-state index contributed by atoms with van der Waals surface area (Å²) in [6, 6.07) is 20.9. The van der Waals surface area contributed by atoms with Gasteiger partial charge in [0, 0.05) is 37.4 Å². The van der Waals surface area contributed by atoms with Crippen molar-refractivity contribution in [2.75, 3.05) is 24.3 Å². The Labute approximate surface area is 152 Å². The summed E-state index contributed by atoms with van der Waals surface area (Å²) in [7, 11) is 4.02. The lowest BCUT2D eigenvalue weighted by Crippen LogP contribution is -2.24. The Morgan fingerprint density at radius 1 is 1.00 bits per heavy atom. The molecule has 0 saturated heterocycles. The zero-order chi connectivity index (χ0) is 18.4. The number of rotatable bonds is 5. The highest BCUT2D eigenvalue weighted by atomic mass is 16.2. The van der Waals surface area contributed by atoms with Crippen LogP contribution in [0.2, 0.25) is 0 Å². The Bertz CT molecular complexity index is 882. The number of benzene rings is 2. The summed E-state index contributed by atoms with van der Waals surface area (Å²) >= 11 is 0. The Morgan fingerprint density at radius 2 is 1.73 bits per heavy atom. The van der Waals surface area contributed by atoms with Gasteiger partial charge in [-0.3, -0.25) is 0 Å². The predicted octanol–water partition coefficient (Wildman–Crippen LogP) is 3.70. The van der Waals surface area contributed by atoms with Crippen molar-refractivity contribution in [3.05, 3.63) is 78.6 Å². The van der Waals surface area contributed by atoms with Crippen molar-refractivity contribution >= 4 is 23.6 Å². The summed E-state index contributed by atoms with van der Waals surface area (Å²) in [6.07, 6.45) is 3.57. The molecule has 3 rings (SSSR count). The van der Waals surface area contributed by atoms with Crippen LogP contribution in [0.4, 0.5) is 16.2 Å². The van der Waals surface area contributed by atoms with Gasteiger partial charge in [-0.2, -0.15) is 5.10 Å². The van der Waals surface area contributed by atoms with E-state index < -0.39 is 0 Å². The molecule has 0 atom stereocenters. The Balaban J connectivity index is 1.65. The molecule has 2 aromatic carbocycles. The number of para-hydroxylation sites is 1. The monoisotopic (exact) mass is 347 g/mol. The Morgan fingerprint density at radius 3 is 2.42 bits per heavy atom. The molecule has 2 N–H and O–H groups in total. The molecule has 26 heavy (non-hydrogen) atoms. The normalized spacial score (nSPS) is 10.7. The molecule has 0 aliphatic rings. The predicted molar refractivity (Wildman–Crippen MR) is 106 cm³/mol. The van der Waals surface area contributed by atoms with Crippen LogP contribution in [0.5, 0.6) is 0 Å². The summed E-state index contributed by atoms with van der Waals surface area (Å²) in [5.74, 6) is 0. The van der Waals surface area contributed by atoms with Crippen LogP contribution in [-0.2, 0) is 0 Å². The third-order valence-corrected chi connectivity index (χ3v) is 3.82. The van der Waals surface area contributed by atoms with Gasteiger partial charge in [-0.05, 0) is 48.5 Å². The number of urea groups is 1. The van der Waals surface area contributed by atoms with Crippen molar-refractivity contribution < 1.29 is 4.79 Å². The number of anilines is 2. The average Bonchev–Trinajstić information content (AvgIpc) is 3.11. The zero-order valence-electron chi connectivity index (χ0n) is 14.8. The lowest BCUT2D eigenvalue weighted by molar-refractivity contribution is 0.252. The van der Waals surface area contributed by atoms with Gasteiger partial charge in [0.2, 0.25) is 0 Å². The van der Waals surface area contributed by atoms with Crippen LogP contribution in [0.3, 0.4) is 0 Å². The summed E-state index contributed by atoms with van der Waals surface area (Å²) in [4.78, 5) is 13.9. The number of nitrogens with one attached hydrogen (secondary N) is 2. The van der Waals surface area contributed by atoms with Gasteiger partial charge in [-0.25, -0.2) is 10.2 Å². The Kier molecular flexibility index (Phi) is 5.34. The van der Waals surface area contributed by atoms with Crippen LogP contribution >= 0.6 is 0 Å². The van der Waals surface area contributed by atoms with Crippen molar-refractivity contribution in [3.63, 3.8) is 0 Å². The number of nitrogens with zero attached hydrogens (tertiary/aromatic N) is 3. The summed E-state index contributed by atoms with van der Waals surface area (Å²) in [6.45, 7) is 0. The molecular formula is C20H21N5O. The molecule has 6 heteroatoms. The molecule has 1 aromatic heterocycles. The number of carbonyl (C=O) groups excluding carboxylic acids is 1. The second kappa shape index (κ2) is 8.02. The maximum Gasteiger partial charge on any atom is 0.339 e. The van der Waals surface area contributed by atoms with Crippen LogP contribution in [0.15, 0.2) is 78.0 Å². The maximum atomic E-state index is 11.8. The van der Waals surface area contributed by atoms with Crippen molar-refractivity contribution in [1.82, 2.24) is 9.99 Å². The quantitative estimate of drug-likeness (QED) is 0.546. The van der Waals surface area contributed by atoms with Crippen molar-refractivity contribution in [3.8, 4) is 5.69 Å². The second-order valence-corrected chi connectivity index (χ2v) is 5.90. The summed E-state index contributed by atoms with van der Waals surface area (Å²) < 4.78 is 2.00. The summed E-state index contributed by atoms with van der Waals surface area (Å²) in [5, 5.41) is 6.74. The number of hydrogen-bond acceptors (Lipinski definition) is 3. The van der Waals surface area contributed by atoms with Gasteiger partial charge in [-0.1, -0.05) is 18.2 Å². The molecule has 1 heterocycles. The number of carbonyl (C=O) groups is 1. The molecule has 0 spiro atoms. The lowest BCUT2D eigenvalue weighted by atomic mass is 10.2.